The third-order valence-electron chi connectivity index (χ3n) is 5.03. The summed E-state index contributed by atoms with van der Waals surface area (Å²) in [6.07, 6.45) is 8.55. The van der Waals surface area contributed by atoms with Gasteiger partial charge >= 0.3 is 6.03 Å². The Balaban J connectivity index is 1.29. The smallest absolute Gasteiger partial charge is 0.321 e. The molecular formula is C19H24N6O2S. The Hall–Kier alpha value is -2.52. The third-order valence-corrected chi connectivity index (χ3v) is 6.03. The molecule has 1 fully saturated rings. The number of pyridine rings is 1. The first-order chi connectivity index (χ1) is 13.7. The molecule has 0 atom stereocenters. The second-order valence-electron chi connectivity index (χ2n) is 7.22. The van der Waals surface area contributed by atoms with Crippen molar-refractivity contribution in [3.63, 3.8) is 0 Å². The van der Waals surface area contributed by atoms with Crippen molar-refractivity contribution < 1.29 is 9.59 Å². The summed E-state index contributed by atoms with van der Waals surface area (Å²) >= 11 is 1.49. The fraction of sp³-hybridized carbons (Fsp3) is 0.474. The molecule has 8 nitrogen and oxygen atoms in total. The van der Waals surface area contributed by atoms with Gasteiger partial charge in [0.25, 0.3) is 0 Å². The summed E-state index contributed by atoms with van der Waals surface area (Å²) in [5.74, 6) is -0.0599. The van der Waals surface area contributed by atoms with E-state index in [-0.39, 0.29) is 18.0 Å². The molecule has 4 rings (SSSR count). The number of amides is 3. The third kappa shape index (κ3) is 4.85. The van der Waals surface area contributed by atoms with Crippen molar-refractivity contribution in [1.82, 2.24) is 20.2 Å². The van der Waals surface area contributed by atoms with Crippen LogP contribution in [0.25, 0.3) is 0 Å². The van der Waals surface area contributed by atoms with Crippen molar-refractivity contribution in [2.75, 3.05) is 23.7 Å². The van der Waals surface area contributed by atoms with Crippen LogP contribution in [-0.4, -0.2) is 45.9 Å². The van der Waals surface area contributed by atoms with E-state index in [2.05, 4.69) is 30.8 Å². The van der Waals surface area contributed by atoms with Crippen molar-refractivity contribution in [2.24, 2.45) is 0 Å². The molecule has 2 aromatic rings. The van der Waals surface area contributed by atoms with E-state index in [0.717, 1.165) is 36.4 Å². The predicted octanol–water partition coefficient (Wildman–Crippen LogP) is 2.60. The van der Waals surface area contributed by atoms with Gasteiger partial charge in [0, 0.05) is 36.6 Å². The van der Waals surface area contributed by atoms with Crippen LogP contribution < -0.4 is 16.0 Å². The van der Waals surface area contributed by atoms with Crippen LogP contribution in [0, 0.1) is 0 Å². The van der Waals surface area contributed by atoms with Gasteiger partial charge in [-0.15, -0.1) is 11.3 Å². The van der Waals surface area contributed by atoms with Crippen LogP contribution in [0.5, 0.6) is 0 Å². The number of hydrogen-bond donors (Lipinski definition) is 3. The zero-order valence-electron chi connectivity index (χ0n) is 15.6. The highest BCUT2D eigenvalue weighted by atomic mass is 32.1. The summed E-state index contributed by atoms with van der Waals surface area (Å²) in [5, 5.41) is 9.37. The monoisotopic (exact) mass is 400 g/mol. The molecule has 0 unspecified atom stereocenters. The number of fused-ring (bicyclic) bond motifs is 1. The largest absolute Gasteiger partial charge is 0.335 e. The molecule has 2 aromatic heterocycles. The van der Waals surface area contributed by atoms with E-state index in [0.29, 0.717) is 23.9 Å². The molecule has 1 aliphatic heterocycles. The molecule has 1 aliphatic carbocycles. The minimum absolute atomic E-state index is 0.0599. The minimum atomic E-state index is -0.175. The summed E-state index contributed by atoms with van der Waals surface area (Å²) in [4.78, 5) is 36.1. The van der Waals surface area contributed by atoms with Crippen molar-refractivity contribution in [3.8, 4) is 0 Å². The maximum Gasteiger partial charge on any atom is 0.321 e. The molecule has 0 radical (unpaired) electrons. The van der Waals surface area contributed by atoms with Crippen LogP contribution in [0.3, 0.4) is 0 Å². The molecule has 148 valence electrons. The Morgan fingerprint density at radius 2 is 2.11 bits per heavy atom. The zero-order chi connectivity index (χ0) is 19.3. The predicted molar refractivity (Wildman–Crippen MR) is 108 cm³/mol. The summed E-state index contributed by atoms with van der Waals surface area (Å²) in [7, 11) is 0. The van der Waals surface area contributed by atoms with E-state index in [1.807, 2.05) is 6.07 Å². The molecule has 28 heavy (non-hydrogen) atoms. The standard InChI is InChI=1S/C19H24N6O2S/c26-17(21-14-6-3-8-20-10-14)12-25-9-7-15-16(11-25)28-19(23-15)24-18(27)22-13-4-1-2-5-13/h3,6,8,10,13H,1-2,4-5,7,9,11-12H2,(H,21,26)(H2,22,23,24,27). The Bertz CT molecular complexity index is 834. The van der Waals surface area contributed by atoms with Gasteiger partial charge in [0.2, 0.25) is 5.91 Å². The number of anilines is 2. The molecule has 3 heterocycles. The van der Waals surface area contributed by atoms with Gasteiger partial charge < -0.3 is 10.6 Å². The summed E-state index contributed by atoms with van der Waals surface area (Å²) in [5.41, 5.74) is 1.72. The summed E-state index contributed by atoms with van der Waals surface area (Å²) in [6, 6.07) is 3.71. The summed E-state index contributed by atoms with van der Waals surface area (Å²) < 4.78 is 0. The molecule has 0 bridgehead atoms. The SMILES string of the molecule is O=C(CN1CCc2nc(NC(=O)NC3CCCC3)sc2C1)Nc1cccnc1. The van der Waals surface area contributed by atoms with Crippen molar-refractivity contribution >= 4 is 34.1 Å². The Labute approximate surface area is 167 Å². The molecule has 2 aliphatic rings. The molecule has 1 saturated carbocycles. The number of carbonyl (C=O) groups is 2. The van der Waals surface area contributed by atoms with Crippen LogP contribution in [0.15, 0.2) is 24.5 Å². The van der Waals surface area contributed by atoms with E-state index >= 15 is 0 Å². The molecule has 9 heteroatoms. The van der Waals surface area contributed by atoms with Crippen molar-refractivity contribution in [1.29, 1.82) is 0 Å². The van der Waals surface area contributed by atoms with E-state index < -0.39 is 0 Å². The quantitative estimate of drug-likeness (QED) is 0.716. The van der Waals surface area contributed by atoms with Gasteiger partial charge in [0.1, 0.15) is 0 Å². The van der Waals surface area contributed by atoms with Gasteiger partial charge in [-0.1, -0.05) is 12.8 Å². The number of aromatic nitrogens is 2. The molecule has 3 amide bonds. The normalized spacial score (nSPS) is 17.1. The number of rotatable bonds is 5. The van der Waals surface area contributed by atoms with Gasteiger partial charge in [-0.2, -0.15) is 0 Å². The lowest BCUT2D eigenvalue weighted by Crippen LogP contribution is -2.36. The van der Waals surface area contributed by atoms with E-state index in [4.69, 9.17) is 0 Å². The number of thiazole rings is 1. The Kier molecular flexibility index (Phi) is 5.82. The van der Waals surface area contributed by atoms with Gasteiger partial charge in [-0.25, -0.2) is 9.78 Å². The fourth-order valence-electron chi connectivity index (χ4n) is 3.67. The van der Waals surface area contributed by atoms with Crippen LogP contribution in [0.2, 0.25) is 0 Å². The number of nitrogens with one attached hydrogen (secondary N) is 3. The highest BCUT2D eigenvalue weighted by molar-refractivity contribution is 7.15. The molecule has 0 saturated heterocycles. The lowest BCUT2D eigenvalue weighted by atomic mass is 10.2. The minimum Gasteiger partial charge on any atom is -0.335 e. The first kappa shape index (κ1) is 18.8. The average Bonchev–Trinajstić information content (AvgIpc) is 3.31. The second-order valence-corrected chi connectivity index (χ2v) is 8.30. The molecule has 3 N–H and O–H groups in total. The van der Waals surface area contributed by atoms with Crippen LogP contribution in [-0.2, 0) is 17.8 Å². The Morgan fingerprint density at radius 1 is 1.25 bits per heavy atom. The van der Waals surface area contributed by atoms with Crippen LogP contribution in [0.4, 0.5) is 15.6 Å². The van der Waals surface area contributed by atoms with Gasteiger partial charge in [-0.3, -0.25) is 20.0 Å². The Morgan fingerprint density at radius 3 is 2.89 bits per heavy atom. The van der Waals surface area contributed by atoms with Gasteiger partial charge in [0.15, 0.2) is 5.13 Å². The topological polar surface area (TPSA) is 99.2 Å². The average molecular weight is 401 g/mol. The van der Waals surface area contributed by atoms with Crippen molar-refractivity contribution in [2.45, 2.75) is 44.7 Å². The highest BCUT2D eigenvalue weighted by Gasteiger charge is 2.23. The second kappa shape index (κ2) is 8.66. The number of hydrogen-bond acceptors (Lipinski definition) is 6. The molecule has 0 spiro atoms. The van der Waals surface area contributed by atoms with Crippen molar-refractivity contribution in [3.05, 3.63) is 35.1 Å². The molecular weight excluding hydrogens is 376 g/mol. The highest BCUT2D eigenvalue weighted by Crippen LogP contribution is 2.28. The van der Waals surface area contributed by atoms with Crippen LogP contribution >= 0.6 is 11.3 Å². The van der Waals surface area contributed by atoms with E-state index in [1.54, 1.807) is 18.5 Å². The summed E-state index contributed by atoms with van der Waals surface area (Å²) in [6.45, 7) is 1.75. The van der Waals surface area contributed by atoms with E-state index in [9.17, 15) is 9.59 Å². The number of nitrogens with zero attached hydrogens (tertiary/aromatic N) is 3. The fourth-order valence-corrected chi connectivity index (χ4v) is 4.71. The lowest BCUT2D eigenvalue weighted by molar-refractivity contribution is -0.117. The maximum absolute atomic E-state index is 12.3. The lowest BCUT2D eigenvalue weighted by Gasteiger charge is -2.25. The van der Waals surface area contributed by atoms with Gasteiger partial charge in [0.05, 0.1) is 24.1 Å². The first-order valence-corrected chi connectivity index (χ1v) is 10.5. The zero-order valence-corrected chi connectivity index (χ0v) is 16.4. The molecule has 0 aromatic carbocycles. The number of urea groups is 1. The van der Waals surface area contributed by atoms with Gasteiger partial charge in [-0.05, 0) is 25.0 Å². The van der Waals surface area contributed by atoms with Crippen LogP contribution in [0.1, 0.15) is 36.3 Å². The maximum atomic E-state index is 12.3. The first-order valence-electron chi connectivity index (χ1n) is 9.64. The van der Waals surface area contributed by atoms with E-state index in [1.165, 1.54) is 24.2 Å². The number of carbonyl (C=O) groups excluding carboxylic acids is 2.